The number of nitrogens with one attached hydrogen (secondary N) is 1. The van der Waals surface area contributed by atoms with E-state index in [9.17, 15) is 9.59 Å². The number of halogens is 1. The van der Waals surface area contributed by atoms with Crippen molar-refractivity contribution < 1.29 is 14.3 Å². The molecule has 1 atom stereocenters. The van der Waals surface area contributed by atoms with E-state index in [-0.39, 0.29) is 12.1 Å². The number of carbonyl (C=O) groups is 2. The van der Waals surface area contributed by atoms with Crippen molar-refractivity contribution in [3.05, 3.63) is 77.1 Å². The summed E-state index contributed by atoms with van der Waals surface area (Å²) < 4.78 is 4.73. The van der Waals surface area contributed by atoms with E-state index in [1.807, 2.05) is 30.3 Å². The van der Waals surface area contributed by atoms with Crippen LogP contribution in [-0.4, -0.2) is 34.0 Å². The largest absolute Gasteiger partial charge is 0.469 e. The fraction of sp³-hybridized carbons (Fsp3) is 0.158. The standard InChI is InChI=1S/C19H17ClN4O3/c1-27-18(25)11-16(13-7-9-14(20)10-8-13)22-19(26)17-12-21-24(23-17)15-5-3-2-4-6-15/h2-10,12,16H,11H2,1H3,(H,22,26). The molecule has 0 saturated carbocycles. The van der Waals surface area contributed by atoms with Gasteiger partial charge >= 0.3 is 5.97 Å². The van der Waals surface area contributed by atoms with E-state index in [0.29, 0.717) is 5.02 Å². The molecule has 0 spiro atoms. The molecule has 0 fully saturated rings. The highest BCUT2D eigenvalue weighted by atomic mass is 35.5. The van der Waals surface area contributed by atoms with Gasteiger partial charge in [0.1, 0.15) is 0 Å². The number of nitrogens with zero attached hydrogens (tertiary/aromatic N) is 3. The normalized spacial score (nSPS) is 11.6. The topological polar surface area (TPSA) is 86.1 Å². The second-order valence-corrected chi connectivity index (χ2v) is 6.15. The molecule has 0 aliphatic heterocycles. The van der Waals surface area contributed by atoms with Crippen LogP contribution < -0.4 is 5.32 Å². The molecule has 0 bridgehead atoms. The van der Waals surface area contributed by atoms with Crippen molar-refractivity contribution >= 4 is 23.5 Å². The predicted molar refractivity (Wildman–Crippen MR) is 99.7 cm³/mol. The van der Waals surface area contributed by atoms with Gasteiger partial charge < -0.3 is 10.1 Å². The van der Waals surface area contributed by atoms with Gasteiger partial charge in [0, 0.05) is 5.02 Å². The average Bonchev–Trinajstić information content (AvgIpc) is 3.19. The van der Waals surface area contributed by atoms with Crippen molar-refractivity contribution in [1.82, 2.24) is 20.3 Å². The number of hydrogen-bond donors (Lipinski definition) is 1. The Morgan fingerprint density at radius 3 is 2.52 bits per heavy atom. The van der Waals surface area contributed by atoms with E-state index in [0.717, 1.165) is 11.3 Å². The summed E-state index contributed by atoms with van der Waals surface area (Å²) in [4.78, 5) is 25.7. The first-order valence-electron chi connectivity index (χ1n) is 8.17. The van der Waals surface area contributed by atoms with Crippen molar-refractivity contribution in [2.24, 2.45) is 0 Å². The predicted octanol–water partition coefficient (Wildman–Crippen LogP) is 2.95. The Morgan fingerprint density at radius 2 is 1.85 bits per heavy atom. The summed E-state index contributed by atoms with van der Waals surface area (Å²) in [5, 5.41) is 11.7. The lowest BCUT2D eigenvalue weighted by atomic mass is 10.0. The van der Waals surface area contributed by atoms with Gasteiger partial charge in [-0.2, -0.15) is 9.90 Å². The number of esters is 1. The highest BCUT2D eigenvalue weighted by Gasteiger charge is 2.21. The van der Waals surface area contributed by atoms with Crippen molar-refractivity contribution in [1.29, 1.82) is 0 Å². The van der Waals surface area contributed by atoms with E-state index >= 15 is 0 Å². The number of ether oxygens (including phenoxy) is 1. The zero-order chi connectivity index (χ0) is 19.2. The monoisotopic (exact) mass is 384 g/mol. The third-order valence-electron chi connectivity index (χ3n) is 3.89. The van der Waals surface area contributed by atoms with Crippen molar-refractivity contribution in [2.75, 3.05) is 7.11 Å². The van der Waals surface area contributed by atoms with Gasteiger partial charge in [0.05, 0.1) is 31.5 Å². The first-order valence-corrected chi connectivity index (χ1v) is 8.55. The summed E-state index contributed by atoms with van der Waals surface area (Å²) in [6.45, 7) is 0. The van der Waals surface area contributed by atoms with Gasteiger partial charge in [0.15, 0.2) is 5.69 Å². The van der Waals surface area contributed by atoms with Crippen molar-refractivity contribution in [3.8, 4) is 5.69 Å². The van der Waals surface area contributed by atoms with E-state index < -0.39 is 17.9 Å². The smallest absolute Gasteiger partial charge is 0.307 e. The van der Waals surface area contributed by atoms with E-state index in [2.05, 4.69) is 15.5 Å². The molecule has 138 valence electrons. The van der Waals surface area contributed by atoms with Gasteiger partial charge in [-0.3, -0.25) is 9.59 Å². The van der Waals surface area contributed by atoms with Gasteiger partial charge in [0.2, 0.25) is 0 Å². The maximum atomic E-state index is 12.6. The fourth-order valence-corrected chi connectivity index (χ4v) is 2.61. The molecule has 1 unspecified atom stereocenters. The van der Waals surface area contributed by atoms with Crippen LogP contribution in [0.3, 0.4) is 0 Å². The van der Waals surface area contributed by atoms with Crippen LogP contribution in [0.5, 0.6) is 0 Å². The number of aromatic nitrogens is 3. The van der Waals surface area contributed by atoms with Crippen LogP contribution in [0, 0.1) is 0 Å². The van der Waals surface area contributed by atoms with Crippen molar-refractivity contribution in [3.63, 3.8) is 0 Å². The molecule has 1 N–H and O–H groups in total. The Balaban J connectivity index is 1.79. The molecule has 1 amide bonds. The minimum Gasteiger partial charge on any atom is -0.469 e. The maximum Gasteiger partial charge on any atom is 0.307 e. The molecule has 0 radical (unpaired) electrons. The molecule has 8 heteroatoms. The van der Waals surface area contributed by atoms with Crippen LogP contribution in [0.4, 0.5) is 0 Å². The highest BCUT2D eigenvalue weighted by Crippen LogP contribution is 2.20. The second kappa shape index (κ2) is 8.46. The number of carbonyl (C=O) groups excluding carboxylic acids is 2. The molecule has 1 heterocycles. The molecule has 0 saturated heterocycles. The van der Waals surface area contributed by atoms with Crippen LogP contribution in [0.2, 0.25) is 5.02 Å². The number of methoxy groups -OCH3 is 1. The molecular weight excluding hydrogens is 368 g/mol. The van der Waals surface area contributed by atoms with Gasteiger partial charge in [-0.25, -0.2) is 0 Å². The van der Waals surface area contributed by atoms with Gasteiger partial charge in [-0.15, -0.1) is 5.10 Å². The molecule has 0 aliphatic rings. The van der Waals surface area contributed by atoms with Gasteiger partial charge in [-0.1, -0.05) is 41.9 Å². The molecule has 3 rings (SSSR count). The van der Waals surface area contributed by atoms with E-state index in [1.165, 1.54) is 18.1 Å². The Hall–Kier alpha value is -3.19. The molecule has 3 aromatic rings. The van der Waals surface area contributed by atoms with Crippen LogP contribution in [-0.2, 0) is 9.53 Å². The summed E-state index contributed by atoms with van der Waals surface area (Å²) in [5.74, 6) is -0.885. The quantitative estimate of drug-likeness (QED) is 0.660. The zero-order valence-corrected chi connectivity index (χ0v) is 15.3. The molecule has 1 aromatic heterocycles. The summed E-state index contributed by atoms with van der Waals surface area (Å²) in [6.07, 6.45) is 1.36. The number of hydrogen-bond acceptors (Lipinski definition) is 5. The van der Waals surface area contributed by atoms with Gasteiger partial charge in [-0.05, 0) is 29.8 Å². The number of para-hydroxylation sites is 1. The molecule has 2 aromatic carbocycles. The first kappa shape index (κ1) is 18.6. The summed E-state index contributed by atoms with van der Waals surface area (Å²) in [6, 6.07) is 15.5. The lowest BCUT2D eigenvalue weighted by molar-refractivity contribution is -0.141. The van der Waals surface area contributed by atoms with Gasteiger partial charge in [0.25, 0.3) is 5.91 Å². The maximum absolute atomic E-state index is 12.6. The lowest BCUT2D eigenvalue weighted by Gasteiger charge is -2.17. The minimum absolute atomic E-state index is 0.0172. The lowest BCUT2D eigenvalue weighted by Crippen LogP contribution is -2.30. The van der Waals surface area contributed by atoms with E-state index in [4.69, 9.17) is 16.3 Å². The summed E-state index contributed by atoms with van der Waals surface area (Å²) in [5.41, 5.74) is 1.61. The number of benzene rings is 2. The fourth-order valence-electron chi connectivity index (χ4n) is 2.48. The average molecular weight is 385 g/mol. The second-order valence-electron chi connectivity index (χ2n) is 5.71. The zero-order valence-electron chi connectivity index (χ0n) is 14.5. The number of rotatable bonds is 6. The minimum atomic E-state index is -0.580. The third-order valence-corrected chi connectivity index (χ3v) is 4.14. The Kier molecular flexibility index (Phi) is 5.83. The molecule has 0 aliphatic carbocycles. The van der Waals surface area contributed by atoms with Crippen LogP contribution in [0.15, 0.2) is 60.8 Å². The molecule has 7 nitrogen and oxygen atoms in total. The van der Waals surface area contributed by atoms with Crippen LogP contribution in [0.1, 0.15) is 28.5 Å². The molecule has 27 heavy (non-hydrogen) atoms. The van der Waals surface area contributed by atoms with E-state index in [1.54, 1.807) is 24.3 Å². The summed E-state index contributed by atoms with van der Waals surface area (Å²) >= 11 is 5.91. The van der Waals surface area contributed by atoms with Crippen molar-refractivity contribution in [2.45, 2.75) is 12.5 Å². The highest BCUT2D eigenvalue weighted by molar-refractivity contribution is 6.30. The number of amides is 1. The SMILES string of the molecule is COC(=O)CC(NC(=O)c1cnn(-c2ccccc2)n1)c1ccc(Cl)cc1. The first-order chi connectivity index (χ1) is 13.1. The molecular formula is C19H17ClN4O3. The van der Waals surface area contributed by atoms with Crippen LogP contribution in [0.25, 0.3) is 5.69 Å². The Bertz CT molecular complexity index is 926. The Labute approximate surface area is 160 Å². The Morgan fingerprint density at radius 1 is 1.15 bits per heavy atom. The third kappa shape index (κ3) is 4.71. The van der Waals surface area contributed by atoms with Crippen LogP contribution >= 0.6 is 11.6 Å². The summed E-state index contributed by atoms with van der Waals surface area (Å²) in [7, 11) is 1.30.